The molecule has 16 heteroatoms. The number of hydrogen-bond donors (Lipinski definition) is 3. The third kappa shape index (κ3) is 9.27. The fourth-order valence-electron chi connectivity index (χ4n) is 4.48. The summed E-state index contributed by atoms with van der Waals surface area (Å²) < 4.78 is 41.3. The molecule has 5 N–H and O–H groups in total. The van der Waals surface area contributed by atoms with Crippen LogP contribution < -0.4 is 16.2 Å². The van der Waals surface area contributed by atoms with Crippen LogP contribution in [-0.4, -0.2) is 70.6 Å². The van der Waals surface area contributed by atoms with E-state index in [1.807, 2.05) is 18.2 Å². The first kappa shape index (κ1) is 32.9. The van der Waals surface area contributed by atoms with Gasteiger partial charge < -0.3 is 21.0 Å². The average molecular weight is 646 g/mol. The van der Waals surface area contributed by atoms with E-state index in [1.165, 1.54) is 16.4 Å². The van der Waals surface area contributed by atoms with Gasteiger partial charge in [-0.3, -0.25) is 19.3 Å². The first-order valence-corrected chi connectivity index (χ1v) is 16.0. The zero-order valence-corrected chi connectivity index (χ0v) is 26.0. The summed E-state index contributed by atoms with van der Waals surface area (Å²) in [7, 11) is -4.59. The van der Waals surface area contributed by atoms with Gasteiger partial charge in [-0.2, -0.15) is 17.8 Å². The summed E-state index contributed by atoms with van der Waals surface area (Å²) in [6, 6.07) is 12.8. The van der Waals surface area contributed by atoms with Crippen molar-refractivity contribution in [2.75, 3.05) is 25.5 Å². The molecular formula is C28H35N7O7S2. The predicted octanol–water partition coefficient (Wildman–Crippen LogP) is 3.01. The smallest absolute Gasteiger partial charge is 0.413 e. The van der Waals surface area contributed by atoms with E-state index in [0.717, 1.165) is 11.3 Å². The number of hydrogen-bond acceptors (Lipinski definition) is 13. The summed E-state index contributed by atoms with van der Waals surface area (Å²) >= 11 is 1.19. The molecule has 14 nitrogen and oxygen atoms in total. The van der Waals surface area contributed by atoms with E-state index in [-0.39, 0.29) is 37.0 Å². The fourth-order valence-corrected chi connectivity index (χ4v) is 5.51. The lowest BCUT2D eigenvalue weighted by Crippen LogP contribution is -2.63. The number of amidine groups is 1. The number of Topliss-reactive ketones (excluding diaryl/α,β-unsaturated/α-hetero) is 1. The molecule has 1 aliphatic heterocycles. The molecule has 1 saturated heterocycles. The highest BCUT2D eigenvalue weighted by molar-refractivity contribution is 7.80. The third-order valence-corrected chi connectivity index (χ3v) is 8.13. The van der Waals surface area contributed by atoms with Crippen LogP contribution in [-0.2, 0) is 30.9 Å². The van der Waals surface area contributed by atoms with Crippen molar-refractivity contribution in [1.29, 1.82) is 0 Å². The van der Waals surface area contributed by atoms with Gasteiger partial charge in [0, 0.05) is 35.6 Å². The minimum absolute atomic E-state index is 0.0603. The maximum absolute atomic E-state index is 13.1. The largest absolute Gasteiger partial charge is 0.490 e. The summed E-state index contributed by atoms with van der Waals surface area (Å²) in [6.45, 7) is 4.55. The Morgan fingerprint density at radius 3 is 2.61 bits per heavy atom. The second kappa shape index (κ2) is 14.7. The van der Waals surface area contributed by atoms with Crippen molar-refractivity contribution >= 4 is 44.2 Å². The molecule has 3 heterocycles. The van der Waals surface area contributed by atoms with E-state index in [2.05, 4.69) is 24.4 Å². The maximum Gasteiger partial charge on any atom is 0.413 e. The average Bonchev–Trinajstić information content (AvgIpc) is 3.42. The van der Waals surface area contributed by atoms with Crippen molar-refractivity contribution < 1.29 is 31.6 Å². The van der Waals surface area contributed by atoms with Crippen molar-refractivity contribution in [2.45, 2.75) is 45.2 Å². The molecule has 1 aromatic carbocycles. The molecule has 0 spiro atoms. The molecule has 1 aliphatic rings. The Hall–Kier alpha value is -3.96. The molecular weight excluding hydrogens is 610 g/mol. The third-order valence-electron chi connectivity index (χ3n) is 7.08. The number of rotatable bonds is 16. The van der Waals surface area contributed by atoms with Crippen LogP contribution in [0.1, 0.15) is 50.1 Å². The number of thiazole rings is 1. The first-order chi connectivity index (χ1) is 20.9. The SMILES string of the molecule is CC1(C)C(CCCC(=O)C(=NOCCOc2ccc(C(N)=NCc3ccccn3)cc2)c2csc(N)n2)CN1OS(=O)(=O)O. The quantitative estimate of drug-likeness (QED) is 0.0676. The van der Waals surface area contributed by atoms with Crippen LogP contribution in [0.3, 0.4) is 0 Å². The number of nitrogen functional groups attached to an aromatic ring is 1. The van der Waals surface area contributed by atoms with Crippen molar-refractivity contribution in [1.82, 2.24) is 15.0 Å². The van der Waals surface area contributed by atoms with Crippen LogP contribution >= 0.6 is 11.3 Å². The standard InChI is InChI=1S/C28H35N7O7S2/c1-28(2)20(17-35(28)42-44(37,38)39)6-5-8-24(36)25(23-18-43-27(30)33-23)34-41-15-14-40-22-11-9-19(10-12-22)26(29)32-16-21-7-3-4-13-31-21/h3-4,7,9-13,18,20H,5-6,8,14-17H2,1-2H3,(H2,29,32)(H2,30,33)(H,37,38,39). The van der Waals surface area contributed by atoms with E-state index in [0.29, 0.717) is 48.3 Å². The van der Waals surface area contributed by atoms with Gasteiger partial charge in [0.15, 0.2) is 23.2 Å². The second-order valence-corrected chi connectivity index (χ2v) is 12.4. The molecule has 3 aromatic rings. The Bertz CT molecular complexity index is 1580. The summed E-state index contributed by atoms with van der Waals surface area (Å²) in [6.07, 6.45) is 3.02. The number of hydroxylamine groups is 2. The molecule has 236 valence electrons. The van der Waals surface area contributed by atoms with Gasteiger partial charge in [0.05, 0.1) is 12.2 Å². The number of ketones is 1. The van der Waals surface area contributed by atoms with Gasteiger partial charge in [-0.15, -0.1) is 11.3 Å². The summed E-state index contributed by atoms with van der Waals surface area (Å²) in [5.74, 6) is 0.786. The number of anilines is 1. The van der Waals surface area contributed by atoms with Crippen molar-refractivity contribution in [3.63, 3.8) is 0 Å². The molecule has 44 heavy (non-hydrogen) atoms. The van der Waals surface area contributed by atoms with Gasteiger partial charge >= 0.3 is 10.4 Å². The Labute approximate surface area is 259 Å². The maximum atomic E-state index is 13.1. The van der Waals surface area contributed by atoms with E-state index in [4.69, 9.17) is 25.6 Å². The number of pyridine rings is 1. The first-order valence-electron chi connectivity index (χ1n) is 13.7. The highest BCUT2D eigenvalue weighted by Crippen LogP contribution is 2.39. The minimum atomic E-state index is -4.59. The zero-order valence-electron chi connectivity index (χ0n) is 24.3. The highest BCUT2D eigenvalue weighted by Gasteiger charge is 2.48. The second-order valence-electron chi connectivity index (χ2n) is 10.5. The summed E-state index contributed by atoms with van der Waals surface area (Å²) in [4.78, 5) is 31.3. The number of nitrogens with zero attached hydrogens (tertiary/aromatic N) is 5. The molecule has 4 rings (SSSR count). The molecule has 0 saturated carbocycles. The summed E-state index contributed by atoms with van der Waals surface area (Å²) in [5, 5.41) is 7.19. The number of benzene rings is 1. The predicted molar refractivity (Wildman–Crippen MR) is 165 cm³/mol. The van der Waals surface area contributed by atoms with Crippen LogP contribution in [0, 0.1) is 5.92 Å². The molecule has 1 fully saturated rings. The van der Waals surface area contributed by atoms with E-state index in [9.17, 15) is 13.2 Å². The minimum Gasteiger partial charge on any atom is -0.490 e. The number of oxime groups is 1. The number of aromatic nitrogens is 2. The topological polar surface area (TPSA) is 205 Å². The van der Waals surface area contributed by atoms with Gasteiger partial charge in [0.25, 0.3) is 0 Å². The lowest BCUT2D eigenvalue weighted by Gasteiger charge is -2.52. The summed E-state index contributed by atoms with van der Waals surface area (Å²) in [5.41, 5.74) is 13.2. The van der Waals surface area contributed by atoms with Crippen molar-refractivity contribution in [2.24, 2.45) is 21.8 Å². The number of ether oxygens (including phenoxy) is 1. The zero-order chi connectivity index (χ0) is 31.7. The van der Waals surface area contributed by atoms with E-state index < -0.39 is 15.9 Å². The van der Waals surface area contributed by atoms with Gasteiger partial charge in [-0.25, -0.2) is 4.98 Å². The molecule has 0 bridgehead atoms. The van der Waals surface area contributed by atoms with E-state index in [1.54, 1.807) is 49.7 Å². The highest BCUT2D eigenvalue weighted by atomic mass is 32.3. The van der Waals surface area contributed by atoms with Crippen molar-refractivity contribution in [3.8, 4) is 5.75 Å². The van der Waals surface area contributed by atoms with Crippen LogP contribution in [0.5, 0.6) is 5.75 Å². The van der Waals surface area contributed by atoms with Gasteiger partial charge in [-0.1, -0.05) is 11.2 Å². The molecule has 2 aromatic heterocycles. The van der Waals surface area contributed by atoms with E-state index >= 15 is 0 Å². The molecule has 1 unspecified atom stereocenters. The van der Waals surface area contributed by atoms with Crippen LogP contribution in [0.15, 0.2) is 64.2 Å². The Balaban J connectivity index is 1.24. The molecule has 0 amide bonds. The molecule has 1 atom stereocenters. The van der Waals surface area contributed by atoms with Crippen LogP contribution in [0.25, 0.3) is 0 Å². The number of carbonyl (C=O) groups excluding carboxylic acids is 1. The number of aliphatic imine (C=N–C) groups is 1. The normalized spacial score (nSPS) is 17.2. The number of carbonyl (C=O) groups is 1. The lowest BCUT2D eigenvalue weighted by atomic mass is 9.76. The van der Waals surface area contributed by atoms with Gasteiger partial charge in [0.2, 0.25) is 0 Å². The Kier molecular flexibility index (Phi) is 11.0. The Morgan fingerprint density at radius 1 is 1.20 bits per heavy atom. The van der Waals surface area contributed by atoms with Crippen molar-refractivity contribution in [3.05, 3.63) is 71.0 Å². The van der Waals surface area contributed by atoms with Gasteiger partial charge in [0.1, 0.15) is 23.9 Å². The lowest BCUT2D eigenvalue weighted by molar-refractivity contribution is -0.235. The van der Waals surface area contributed by atoms with Gasteiger partial charge in [-0.05, 0) is 69.0 Å². The monoisotopic (exact) mass is 645 g/mol. The molecule has 0 aliphatic carbocycles. The number of nitrogens with two attached hydrogens (primary N) is 2. The Morgan fingerprint density at radius 2 is 1.98 bits per heavy atom. The fraction of sp³-hybridized carbons (Fsp3) is 0.393. The van der Waals surface area contributed by atoms with Crippen LogP contribution in [0.2, 0.25) is 0 Å². The van der Waals surface area contributed by atoms with Crippen LogP contribution in [0.4, 0.5) is 5.13 Å². The molecule has 0 radical (unpaired) electrons.